The van der Waals surface area contributed by atoms with Gasteiger partial charge < -0.3 is 20.9 Å². The molecule has 1 aliphatic rings. The van der Waals surface area contributed by atoms with E-state index in [4.69, 9.17) is 10.5 Å². The van der Waals surface area contributed by atoms with E-state index >= 15 is 0 Å². The van der Waals surface area contributed by atoms with Crippen molar-refractivity contribution >= 4 is 17.8 Å². The third-order valence-corrected chi connectivity index (χ3v) is 2.83. The van der Waals surface area contributed by atoms with E-state index in [0.29, 0.717) is 0 Å². The van der Waals surface area contributed by atoms with Gasteiger partial charge in [0, 0.05) is 26.1 Å². The van der Waals surface area contributed by atoms with Gasteiger partial charge in [0.05, 0.1) is 0 Å². The zero-order chi connectivity index (χ0) is 13.2. The minimum Gasteiger partial charge on any atom is -0.480 e. The summed E-state index contributed by atoms with van der Waals surface area (Å²) in [6, 6.07) is 0. The van der Waals surface area contributed by atoms with E-state index in [2.05, 4.69) is 20.5 Å². The van der Waals surface area contributed by atoms with E-state index in [1.165, 1.54) is 0 Å². The number of nitrogens with two attached hydrogens (primary N) is 1. The van der Waals surface area contributed by atoms with Gasteiger partial charge in [0.2, 0.25) is 11.8 Å². The summed E-state index contributed by atoms with van der Waals surface area (Å²) in [6.07, 6.45) is 0.412. The van der Waals surface area contributed by atoms with Crippen LogP contribution in [0.25, 0.3) is 0 Å². The molecule has 0 aliphatic carbocycles. The Kier molecular flexibility index (Phi) is 3.15. The lowest BCUT2D eigenvalue weighted by Gasteiger charge is -2.33. The number of anilines is 1. The molecule has 0 bridgehead atoms. The number of nitrogen functional groups attached to an aromatic ring is 1. The fourth-order valence-corrected chi connectivity index (χ4v) is 1.77. The average molecular weight is 255 g/mol. The number of rotatable bonds is 3. The van der Waals surface area contributed by atoms with Crippen molar-refractivity contribution in [1.29, 1.82) is 0 Å². The highest BCUT2D eigenvalue weighted by Gasteiger charge is 2.42. The fourth-order valence-electron chi connectivity index (χ4n) is 1.77. The third kappa shape index (κ3) is 2.25. The molecule has 0 unspecified atom stereocenters. The van der Waals surface area contributed by atoms with Crippen molar-refractivity contribution in [2.75, 3.05) is 18.9 Å². The van der Waals surface area contributed by atoms with Crippen molar-refractivity contribution < 1.29 is 19.4 Å². The summed E-state index contributed by atoms with van der Waals surface area (Å²) in [4.78, 5) is 26.8. The van der Waals surface area contributed by atoms with Crippen molar-refractivity contribution in [1.82, 2.24) is 20.5 Å². The largest absolute Gasteiger partial charge is 0.480 e. The van der Waals surface area contributed by atoms with Crippen molar-refractivity contribution in [2.24, 2.45) is 0 Å². The minimum atomic E-state index is -1.32. The van der Waals surface area contributed by atoms with Gasteiger partial charge in [0.25, 0.3) is 5.91 Å². The molecule has 2 heterocycles. The number of carboxylic acid groups (broad SMARTS) is 1. The molecule has 0 saturated carbocycles. The van der Waals surface area contributed by atoms with Gasteiger partial charge in [-0.1, -0.05) is 0 Å². The molecule has 98 valence electrons. The number of hydrogen-bond donors (Lipinski definition) is 4. The van der Waals surface area contributed by atoms with E-state index in [9.17, 15) is 14.7 Å². The van der Waals surface area contributed by atoms with E-state index in [-0.39, 0.29) is 37.8 Å². The number of nitrogens with zero attached hydrogens (tertiary/aromatic N) is 2. The second-order valence-corrected chi connectivity index (χ2v) is 4.00. The van der Waals surface area contributed by atoms with Crippen LogP contribution in [0.2, 0.25) is 0 Å². The summed E-state index contributed by atoms with van der Waals surface area (Å²) in [5, 5.41) is 17.5. The Morgan fingerprint density at radius 2 is 2.11 bits per heavy atom. The molecule has 2 rings (SSSR count). The quantitative estimate of drug-likeness (QED) is 0.528. The number of carbonyl (C=O) groups excluding carboxylic acids is 1. The lowest BCUT2D eigenvalue weighted by Crippen LogP contribution is -2.57. The molecular weight excluding hydrogens is 242 g/mol. The molecule has 0 atom stereocenters. The number of aromatic nitrogens is 3. The van der Waals surface area contributed by atoms with Crippen LogP contribution in [-0.2, 0) is 9.53 Å². The molecule has 9 heteroatoms. The number of nitrogens with one attached hydrogen (secondary N) is 2. The van der Waals surface area contributed by atoms with Crippen molar-refractivity contribution in [2.45, 2.75) is 18.4 Å². The van der Waals surface area contributed by atoms with Crippen LogP contribution in [0, 0.1) is 0 Å². The lowest BCUT2D eigenvalue weighted by molar-refractivity contribution is -0.148. The first-order valence-corrected chi connectivity index (χ1v) is 5.35. The van der Waals surface area contributed by atoms with Crippen LogP contribution in [0.5, 0.6) is 0 Å². The predicted molar refractivity (Wildman–Crippen MR) is 58.7 cm³/mol. The highest BCUT2D eigenvalue weighted by molar-refractivity contribution is 5.95. The molecule has 1 aliphatic heterocycles. The summed E-state index contributed by atoms with van der Waals surface area (Å²) in [6.45, 7) is 0.566. The van der Waals surface area contributed by atoms with E-state index in [1.54, 1.807) is 0 Å². The molecule has 18 heavy (non-hydrogen) atoms. The summed E-state index contributed by atoms with van der Waals surface area (Å²) in [7, 11) is 0. The number of ether oxygens (including phenoxy) is 1. The van der Waals surface area contributed by atoms with Crippen molar-refractivity contribution in [3.05, 3.63) is 5.82 Å². The Morgan fingerprint density at radius 3 is 2.61 bits per heavy atom. The Hall–Kier alpha value is -2.16. The maximum atomic E-state index is 11.8. The van der Waals surface area contributed by atoms with Gasteiger partial charge >= 0.3 is 5.97 Å². The first-order valence-electron chi connectivity index (χ1n) is 5.35. The molecule has 1 saturated heterocycles. The monoisotopic (exact) mass is 255 g/mol. The van der Waals surface area contributed by atoms with Gasteiger partial charge in [-0.15, -0.1) is 5.10 Å². The predicted octanol–water partition coefficient (Wildman–Crippen LogP) is -1.25. The summed E-state index contributed by atoms with van der Waals surface area (Å²) < 4.78 is 5.10. The minimum absolute atomic E-state index is 0.0727. The smallest absolute Gasteiger partial charge is 0.329 e. The van der Waals surface area contributed by atoms with Crippen LogP contribution in [0.1, 0.15) is 23.5 Å². The van der Waals surface area contributed by atoms with E-state index in [0.717, 1.165) is 0 Å². The topological polar surface area (TPSA) is 143 Å². The van der Waals surface area contributed by atoms with Crippen LogP contribution >= 0.6 is 0 Å². The molecule has 1 amide bonds. The normalized spacial score (nSPS) is 18.2. The molecule has 1 aromatic rings. The van der Waals surface area contributed by atoms with E-state index < -0.39 is 17.4 Å². The number of H-pyrrole nitrogens is 1. The SMILES string of the molecule is Nc1n[nH]c(C(=O)NC2(C(=O)O)CCOCC2)n1. The number of aromatic amines is 1. The lowest BCUT2D eigenvalue weighted by atomic mass is 9.90. The third-order valence-electron chi connectivity index (χ3n) is 2.83. The zero-order valence-corrected chi connectivity index (χ0v) is 9.47. The molecular formula is C9H13N5O4. The van der Waals surface area contributed by atoms with Gasteiger partial charge in [-0.25, -0.2) is 4.79 Å². The molecule has 1 aromatic heterocycles. The van der Waals surface area contributed by atoms with Crippen molar-refractivity contribution in [3.63, 3.8) is 0 Å². The number of carboxylic acids is 1. The van der Waals surface area contributed by atoms with Crippen LogP contribution in [0.3, 0.4) is 0 Å². The highest BCUT2D eigenvalue weighted by Crippen LogP contribution is 2.21. The fraction of sp³-hybridized carbons (Fsp3) is 0.556. The summed E-state index contributed by atoms with van der Waals surface area (Å²) >= 11 is 0. The van der Waals surface area contributed by atoms with Gasteiger partial charge in [-0.3, -0.25) is 9.89 Å². The van der Waals surface area contributed by atoms with Gasteiger partial charge in [-0.05, 0) is 0 Å². The number of aliphatic carboxylic acids is 1. The van der Waals surface area contributed by atoms with Crippen LogP contribution in [0.15, 0.2) is 0 Å². The molecule has 5 N–H and O–H groups in total. The summed E-state index contributed by atoms with van der Waals surface area (Å²) in [5.41, 5.74) is 3.95. The summed E-state index contributed by atoms with van der Waals surface area (Å²) in [5.74, 6) is -1.92. The number of carbonyl (C=O) groups is 2. The molecule has 0 radical (unpaired) electrons. The molecule has 0 aromatic carbocycles. The van der Waals surface area contributed by atoms with E-state index in [1.807, 2.05) is 0 Å². The second kappa shape index (κ2) is 4.61. The molecule has 0 spiro atoms. The van der Waals surface area contributed by atoms with Crippen LogP contribution in [-0.4, -0.2) is 50.9 Å². The first-order chi connectivity index (χ1) is 8.53. The number of hydrogen-bond acceptors (Lipinski definition) is 6. The van der Waals surface area contributed by atoms with Gasteiger partial charge in [0.1, 0.15) is 5.54 Å². The van der Waals surface area contributed by atoms with Crippen molar-refractivity contribution in [3.8, 4) is 0 Å². The Balaban J connectivity index is 2.14. The second-order valence-electron chi connectivity index (χ2n) is 4.00. The maximum absolute atomic E-state index is 11.8. The zero-order valence-electron chi connectivity index (χ0n) is 9.47. The average Bonchev–Trinajstić information content (AvgIpc) is 2.77. The molecule has 1 fully saturated rings. The highest BCUT2D eigenvalue weighted by atomic mass is 16.5. The standard InChI is InChI=1S/C9H13N5O4/c10-8-11-5(13-14-8)6(15)12-9(7(16)17)1-3-18-4-2-9/h1-4H2,(H,12,15)(H,16,17)(H3,10,11,13,14). The molecule has 9 nitrogen and oxygen atoms in total. The first kappa shape index (κ1) is 12.3. The Morgan fingerprint density at radius 1 is 1.44 bits per heavy atom. The van der Waals surface area contributed by atoms with Gasteiger partial charge in [0.15, 0.2) is 0 Å². The van der Waals surface area contributed by atoms with Gasteiger partial charge in [-0.2, -0.15) is 4.98 Å². The Bertz CT molecular complexity index is 465. The Labute approximate surface area is 102 Å². The maximum Gasteiger partial charge on any atom is 0.329 e. The van der Waals surface area contributed by atoms with Crippen LogP contribution in [0.4, 0.5) is 5.95 Å². The van der Waals surface area contributed by atoms with Crippen LogP contribution < -0.4 is 11.1 Å². The number of amides is 1.